The molecule has 2 atom stereocenters. The van der Waals surface area contributed by atoms with Crippen molar-refractivity contribution in [1.29, 1.82) is 0 Å². The van der Waals surface area contributed by atoms with Gasteiger partial charge in [-0.15, -0.1) is 0 Å². The number of anilines is 1. The van der Waals surface area contributed by atoms with Gasteiger partial charge in [0.15, 0.2) is 0 Å². The van der Waals surface area contributed by atoms with E-state index in [9.17, 15) is 9.90 Å². The van der Waals surface area contributed by atoms with Gasteiger partial charge in [-0.1, -0.05) is 6.42 Å². The molecule has 22 heavy (non-hydrogen) atoms. The number of hydrogen-bond acceptors (Lipinski definition) is 4. The van der Waals surface area contributed by atoms with Crippen LogP contribution in [0.15, 0.2) is 18.3 Å². The lowest BCUT2D eigenvalue weighted by Gasteiger charge is -2.29. The first-order chi connectivity index (χ1) is 10.8. The summed E-state index contributed by atoms with van der Waals surface area (Å²) >= 11 is 0. The number of nitrogens with zero attached hydrogens (tertiary/aromatic N) is 2. The van der Waals surface area contributed by atoms with Crippen LogP contribution in [0.2, 0.25) is 0 Å². The van der Waals surface area contributed by atoms with Crippen LogP contribution in [0.25, 0.3) is 0 Å². The first-order valence-corrected chi connectivity index (χ1v) is 8.42. The van der Waals surface area contributed by atoms with Gasteiger partial charge in [-0.25, -0.2) is 4.98 Å². The molecule has 0 spiro atoms. The normalized spacial score (nSPS) is 25.2. The minimum absolute atomic E-state index is 0.0761. The number of amides is 1. The van der Waals surface area contributed by atoms with Crippen molar-refractivity contribution >= 4 is 11.7 Å². The highest BCUT2D eigenvalue weighted by atomic mass is 16.3. The SMILES string of the molecule is O=C(NCC1CCCC1O)c1cccnc1N1CCCCC1. The van der Waals surface area contributed by atoms with Gasteiger partial charge in [-0.3, -0.25) is 4.79 Å². The van der Waals surface area contributed by atoms with Gasteiger partial charge in [0.2, 0.25) is 0 Å². The van der Waals surface area contributed by atoms with Crippen LogP contribution in [0.5, 0.6) is 0 Å². The minimum Gasteiger partial charge on any atom is -0.393 e. The molecule has 0 bridgehead atoms. The minimum atomic E-state index is -0.268. The van der Waals surface area contributed by atoms with Crippen molar-refractivity contribution in [2.45, 2.75) is 44.6 Å². The number of hydrogen-bond donors (Lipinski definition) is 2. The van der Waals surface area contributed by atoms with Crippen LogP contribution in [0.3, 0.4) is 0 Å². The van der Waals surface area contributed by atoms with E-state index in [-0.39, 0.29) is 17.9 Å². The molecule has 1 aromatic rings. The first kappa shape index (κ1) is 15.3. The molecule has 1 aliphatic heterocycles. The summed E-state index contributed by atoms with van der Waals surface area (Å²) in [5, 5.41) is 12.8. The molecule has 2 unspecified atom stereocenters. The Morgan fingerprint density at radius 3 is 2.82 bits per heavy atom. The van der Waals surface area contributed by atoms with Gasteiger partial charge >= 0.3 is 0 Å². The molecule has 3 rings (SSSR count). The van der Waals surface area contributed by atoms with Crippen LogP contribution in [-0.4, -0.2) is 41.7 Å². The predicted molar refractivity (Wildman–Crippen MR) is 86.0 cm³/mol. The number of aromatic nitrogens is 1. The van der Waals surface area contributed by atoms with Crippen LogP contribution in [0.4, 0.5) is 5.82 Å². The van der Waals surface area contributed by atoms with Crippen LogP contribution < -0.4 is 10.2 Å². The summed E-state index contributed by atoms with van der Waals surface area (Å²) in [5.74, 6) is 0.915. The molecule has 1 saturated carbocycles. The van der Waals surface area contributed by atoms with E-state index in [4.69, 9.17) is 0 Å². The Bertz CT molecular complexity index is 514. The van der Waals surface area contributed by atoms with Crippen molar-refractivity contribution < 1.29 is 9.90 Å². The smallest absolute Gasteiger partial charge is 0.255 e. The third-order valence-electron chi connectivity index (χ3n) is 4.83. The van der Waals surface area contributed by atoms with Crippen molar-refractivity contribution in [3.63, 3.8) is 0 Å². The third kappa shape index (κ3) is 3.40. The fourth-order valence-corrected chi connectivity index (χ4v) is 3.51. The van der Waals surface area contributed by atoms with E-state index in [1.165, 1.54) is 6.42 Å². The summed E-state index contributed by atoms with van der Waals surface area (Å²) in [6, 6.07) is 3.66. The predicted octanol–water partition coefficient (Wildman–Crippen LogP) is 1.96. The highest BCUT2D eigenvalue weighted by Crippen LogP contribution is 2.25. The maximum Gasteiger partial charge on any atom is 0.255 e. The van der Waals surface area contributed by atoms with Gasteiger partial charge in [0.05, 0.1) is 11.7 Å². The van der Waals surface area contributed by atoms with Crippen LogP contribution in [0, 0.1) is 5.92 Å². The zero-order valence-corrected chi connectivity index (χ0v) is 13.0. The summed E-state index contributed by atoms with van der Waals surface area (Å²) in [7, 11) is 0. The van der Waals surface area contributed by atoms with Gasteiger partial charge in [0, 0.05) is 31.7 Å². The quantitative estimate of drug-likeness (QED) is 0.892. The van der Waals surface area contributed by atoms with Crippen LogP contribution in [-0.2, 0) is 0 Å². The molecule has 1 saturated heterocycles. The average Bonchev–Trinajstić information content (AvgIpc) is 2.98. The summed E-state index contributed by atoms with van der Waals surface area (Å²) in [6.07, 6.45) is 7.95. The van der Waals surface area contributed by atoms with E-state index in [1.54, 1.807) is 6.20 Å². The second-order valence-corrected chi connectivity index (χ2v) is 6.39. The monoisotopic (exact) mass is 303 g/mol. The number of rotatable bonds is 4. The van der Waals surface area contributed by atoms with Crippen molar-refractivity contribution in [3.05, 3.63) is 23.9 Å². The van der Waals surface area contributed by atoms with Gasteiger partial charge in [-0.05, 0) is 44.2 Å². The summed E-state index contributed by atoms with van der Waals surface area (Å²) in [4.78, 5) is 19.2. The number of aliphatic hydroxyl groups excluding tert-OH is 1. The highest BCUT2D eigenvalue weighted by Gasteiger charge is 2.26. The molecule has 120 valence electrons. The Labute approximate surface area is 131 Å². The molecule has 1 aromatic heterocycles. The number of nitrogens with one attached hydrogen (secondary N) is 1. The Morgan fingerprint density at radius 2 is 2.09 bits per heavy atom. The van der Waals surface area contributed by atoms with Crippen molar-refractivity contribution in [2.75, 3.05) is 24.5 Å². The van der Waals surface area contributed by atoms with Gasteiger partial charge in [0.1, 0.15) is 5.82 Å². The first-order valence-electron chi connectivity index (χ1n) is 8.42. The van der Waals surface area contributed by atoms with E-state index in [0.29, 0.717) is 12.1 Å². The van der Waals surface area contributed by atoms with Crippen molar-refractivity contribution in [2.24, 2.45) is 5.92 Å². The topological polar surface area (TPSA) is 65.5 Å². The Kier molecular flexibility index (Phi) is 4.93. The standard InChI is InChI=1S/C17H25N3O2/c21-15-8-4-6-13(15)12-19-17(22)14-7-5-9-18-16(14)20-10-2-1-3-11-20/h5,7,9,13,15,21H,1-4,6,8,10-12H2,(H,19,22). The zero-order valence-electron chi connectivity index (χ0n) is 13.0. The molecule has 2 fully saturated rings. The summed E-state index contributed by atoms with van der Waals surface area (Å²) < 4.78 is 0. The average molecular weight is 303 g/mol. The lowest BCUT2D eigenvalue weighted by molar-refractivity contribution is 0.0917. The Balaban J connectivity index is 1.66. The van der Waals surface area contributed by atoms with Gasteiger partial charge in [0.25, 0.3) is 5.91 Å². The molecule has 1 aliphatic carbocycles. The second-order valence-electron chi connectivity index (χ2n) is 6.39. The zero-order chi connectivity index (χ0) is 15.4. The number of aliphatic hydroxyl groups is 1. The lowest BCUT2D eigenvalue weighted by atomic mass is 10.1. The van der Waals surface area contributed by atoms with Crippen LogP contribution in [0.1, 0.15) is 48.9 Å². The third-order valence-corrected chi connectivity index (χ3v) is 4.83. The van der Waals surface area contributed by atoms with E-state index in [1.807, 2.05) is 12.1 Å². The Hall–Kier alpha value is -1.62. The van der Waals surface area contributed by atoms with Crippen LogP contribution >= 0.6 is 0 Å². The largest absolute Gasteiger partial charge is 0.393 e. The maximum absolute atomic E-state index is 12.5. The molecule has 2 N–H and O–H groups in total. The van der Waals surface area contributed by atoms with E-state index in [2.05, 4.69) is 15.2 Å². The van der Waals surface area contributed by atoms with Gasteiger partial charge in [-0.2, -0.15) is 0 Å². The second kappa shape index (κ2) is 7.09. The number of piperidine rings is 1. The maximum atomic E-state index is 12.5. The molecule has 1 amide bonds. The van der Waals surface area contributed by atoms with Crippen molar-refractivity contribution in [3.8, 4) is 0 Å². The molecular weight excluding hydrogens is 278 g/mol. The molecule has 0 aromatic carbocycles. The highest BCUT2D eigenvalue weighted by molar-refractivity contribution is 5.98. The summed E-state index contributed by atoms with van der Waals surface area (Å²) in [5.41, 5.74) is 0.650. The summed E-state index contributed by atoms with van der Waals surface area (Å²) in [6.45, 7) is 2.49. The molecule has 5 heteroatoms. The number of pyridine rings is 1. The van der Waals surface area contributed by atoms with E-state index in [0.717, 1.165) is 51.0 Å². The molecule has 2 aliphatic rings. The fraction of sp³-hybridized carbons (Fsp3) is 0.647. The fourth-order valence-electron chi connectivity index (χ4n) is 3.51. The Morgan fingerprint density at radius 1 is 1.27 bits per heavy atom. The number of carbonyl (C=O) groups excluding carboxylic acids is 1. The molecular formula is C17H25N3O2. The lowest BCUT2D eigenvalue weighted by Crippen LogP contribution is -2.35. The van der Waals surface area contributed by atoms with Crippen molar-refractivity contribution in [1.82, 2.24) is 10.3 Å². The van der Waals surface area contributed by atoms with E-state index >= 15 is 0 Å². The van der Waals surface area contributed by atoms with Gasteiger partial charge < -0.3 is 15.3 Å². The molecule has 5 nitrogen and oxygen atoms in total. The molecule has 2 heterocycles. The molecule has 0 radical (unpaired) electrons. The van der Waals surface area contributed by atoms with E-state index < -0.39 is 0 Å². The number of carbonyl (C=O) groups is 1.